The van der Waals surface area contributed by atoms with Crippen molar-refractivity contribution in [2.45, 2.75) is 6.54 Å². The molecule has 0 amide bonds. The van der Waals surface area contributed by atoms with Crippen molar-refractivity contribution in [1.29, 1.82) is 0 Å². The maximum Gasteiger partial charge on any atom is 0.160 e. The van der Waals surface area contributed by atoms with Gasteiger partial charge in [0.1, 0.15) is 0 Å². The van der Waals surface area contributed by atoms with Crippen LogP contribution in [0.3, 0.4) is 0 Å². The molecule has 1 aromatic carbocycles. The van der Waals surface area contributed by atoms with Crippen molar-refractivity contribution in [2.24, 2.45) is 5.73 Å². The van der Waals surface area contributed by atoms with Gasteiger partial charge in [0.15, 0.2) is 5.78 Å². The molecule has 0 heterocycles. The zero-order valence-electron chi connectivity index (χ0n) is 8.74. The molecule has 0 bridgehead atoms. The molecule has 2 N–H and O–H groups in total. The molecular weight excluding hydrogens is 212 g/mol. The topological polar surface area (TPSA) is 46.3 Å². The number of Topliss-reactive ketones (excluding diaryl/α,β-unsaturated/α-hetero) is 1. The van der Waals surface area contributed by atoms with Crippen LogP contribution in [0.15, 0.2) is 24.3 Å². The summed E-state index contributed by atoms with van der Waals surface area (Å²) in [7, 11) is 1.88. The standard InChI is InChI=1S/C11H15ClN2O/c1-14(8-11(15)6-13)7-9-3-2-4-10(12)5-9/h2-5H,6-8,13H2,1H3. The van der Waals surface area contributed by atoms with Gasteiger partial charge in [-0.1, -0.05) is 23.7 Å². The fourth-order valence-electron chi connectivity index (χ4n) is 1.37. The number of benzene rings is 1. The van der Waals surface area contributed by atoms with E-state index in [9.17, 15) is 4.79 Å². The highest BCUT2D eigenvalue weighted by molar-refractivity contribution is 6.30. The van der Waals surface area contributed by atoms with Crippen molar-refractivity contribution in [3.63, 3.8) is 0 Å². The molecular formula is C11H15ClN2O. The SMILES string of the molecule is CN(CC(=O)CN)Cc1cccc(Cl)c1. The average molecular weight is 227 g/mol. The van der Waals surface area contributed by atoms with Gasteiger partial charge < -0.3 is 5.73 Å². The van der Waals surface area contributed by atoms with Crippen molar-refractivity contribution in [2.75, 3.05) is 20.1 Å². The van der Waals surface area contributed by atoms with Gasteiger partial charge >= 0.3 is 0 Å². The molecule has 4 heteroatoms. The number of carbonyl (C=O) groups is 1. The maximum atomic E-state index is 11.1. The van der Waals surface area contributed by atoms with Gasteiger partial charge in [-0.25, -0.2) is 0 Å². The predicted molar refractivity (Wildman–Crippen MR) is 61.8 cm³/mol. The molecule has 3 nitrogen and oxygen atoms in total. The minimum Gasteiger partial charge on any atom is -0.324 e. The second kappa shape index (κ2) is 5.85. The quantitative estimate of drug-likeness (QED) is 0.823. The van der Waals surface area contributed by atoms with Crippen LogP contribution in [-0.4, -0.2) is 30.8 Å². The Bertz CT molecular complexity index is 341. The molecule has 15 heavy (non-hydrogen) atoms. The summed E-state index contributed by atoms with van der Waals surface area (Å²) < 4.78 is 0. The number of carbonyl (C=O) groups excluding carboxylic acids is 1. The first-order valence-electron chi connectivity index (χ1n) is 4.76. The minimum absolute atomic E-state index is 0.0412. The van der Waals surface area contributed by atoms with Crippen molar-refractivity contribution < 1.29 is 4.79 Å². The molecule has 0 fully saturated rings. The summed E-state index contributed by atoms with van der Waals surface area (Å²) in [5, 5.41) is 0.714. The molecule has 0 saturated carbocycles. The Balaban J connectivity index is 2.51. The van der Waals surface area contributed by atoms with Gasteiger partial charge in [-0.15, -0.1) is 0 Å². The maximum absolute atomic E-state index is 11.1. The Hall–Kier alpha value is -0.900. The molecule has 0 atom stereocenters. The van der Waals surface area contributed by atoms with E-state index in [0.29, 0.717) is 18.1 Å². The molecule has 1 aromatic rings. The van der Waals surface area contributed by atoms with Crippen molar-refractivity contribution in [3.05, 3.63) is 34.9 Å². The second-order valence-electron chi connectivity index (χ2n) is 3.55. The Morgan fingerprint density at radius 1 is 1.53 bits per heavy atom. The molecule has 0 spiro atoms. The summed E-state index contributed by atoms with van der Waals surface area (Å²) in [4.78, 5) is 13.0. The number of hydrogen-bond acceptors (Lipinski definition) is 3. The van der Waals surface area contributed by atoms with E-state index in [1.54, 1.807) is 0 Å². The van der Waals surface area contributed by atoms with Crippen molar-refractivity contribution in [3.8, 4) is 0 Å². The highest BCUT2D eigenvalue weighted by Gasteiger charge is 2.05. The fourth-order valence-corrected chi connectivity index (χ4v) is 1.58. The number of hydrogen-bond donors (Lipinski definition) is 1. The summed E-state index contributed by atoms with van der Waals surface area (Å²) in [6.45, 7) is 1.18. The van der Waals surface area contributed by atoms with E-state index in [1.807, 2.05) is 36.2 Å². The summed E-state index contributed by atoms with van der Waals surface area (Å²) in [6.07, 6.45) is 0. The van der Waals surface area contributed by atoms with Crippen LogP contribution in [0.4, 0.5) is 0 Å². The lowest BCUT2D eigenvalue weighted by atomic mass is 10.2. The first-order valence-corrected chi connectivity index (χ1v) is 5.14. The zero-order chi connectivity index (χ0) is 11.3. The van der Waals surface area contributed by atoms with Gasteiger partial charge in [0.25, 0.3) is 0 Å². The van der Waals surface area contributed by atoms with Crippen LogP contribution < -0.4 is 5.73 Å². The predicted octanol–water partition coefficient (Wildman–Crippen LogP) is 1.30. The van der Waals surface area contributed by atoms with Crippen molar-refractivity contribution in [1.82, 2.24) is 4.90 Å². The molecule has 1 rings (SSSR count). The first-order chi connectivity index (χ1) is 7.11. The van der Waals surface area contributed by atoms with Crippen LogP contribution >= 0.6 is 11.6 Å². The summed E-state index contributed by atoms with van der Waals surface area (Å²) >= 11 is 5.86. The fraction of sp³-hybridized carbons (Fsp3) is 0.364. The van der Waals surface area contributed by atoms with E-state index in [-0.39, 0.29) is 12.3 Å². The third-order valence-corrected chi connectivity index (χ3v) is 2.25. The Morgan fingerprint density at radius 2 is 2.27 bits per heavy atom. The number of nitrogens with two attached hydrogens (primary N) is 1. The summed E-state index contributed by atoms with van der Waals surface area (Å²) in [5.74, 6) is 0.0412. The number of likely N-dealkylation sites (N-methyl/N-ethyl adjacent to an activating group) is 1. The molecule has 82 valence electrons. The number of rotatable bonds is 5. The number of ketones is 1. The Labute approximate surface area is 94.8 Å². The van der Waals surface area contributed by atoms with Gasteiger partial charge in [-0.2, -0.15) is 0 Å². The molecule has 0 unspecified atom stereocenters. The second-order valence-corrected chi connectivity index (χ2v) is 3.98. The normalized spacial score (nSPS) is 10.7. The molecule has 0 aromatic heterocycles. The van der Waals surface area contributed by atoms with Gasteiger partial charge in [0, 0.05) is 11.6 Å². The average Bonchev–Trinajstić information content (AvgIpc) is 2.17. The van der Waals surface area contributed by atoms with E-state index in [1.165, 1.54) is 0 Å². The highest BCUT2D eigenvalue weighted by Crippen LogP contribution is 2.11. The van der Waals surface area contributed by atoms with Gasteiger partial charge in [0.05, 0.1) is 13.1 Å². The molecule has 0 saturated heterocycles. The van der Waals surface area contributed by atoms with Gasteiger partial charge in [-0.3, -0.25) is 9.69 Å². The lowest BCUT2D eigenvalue weighted by Crippen LogP contribution is -2.29. The van der Waals surface area contributed by atoms with Crippen LogP contribution in [0, 0.1) is 0 Å². The lowest BCUT2D eigenvalue weighted by molar-refractivity contribution is -0.118. The molecule has 0 radical (unpaired) electrons. The summed E-state index contributed by atoms with van der Waals surface area (Å²) in [5.41, 5.74) is 6.33. The molecule has 0 aliphatic heterocycles. The Kier molecular flexibility index (Phi) is 4.75. The van der Waals surface area contributed by atoms with Crippen LogP contribution in [0.25, 0.3) is 0 Å². The minimum atomic E-state index is 0.0412. The van der Waals surface area contributed by atoms with E-state index in [0.717, 1.165) is 5.56 Å². The lowest BCUT2D eigenvalue weighted by Gasteiger charge is -2.15. The van der Waals surface area contributed by atoms with Crippen LogP contribution in [0.5, 0.6) is 0 Å². The van der Waals surface area contributed by atoms with E-state index in [2.05, 4.69) is 0 Å². The van der Waals surface area contributed by atoms with Gasteiger partial charge in [0.2, 0.25) is 0 Å². The monoisotopic (exact) mass is 226 g/mol. The van der Waals surface area contributed by atoms with Crippen LogP contribution in [0.1, 0.15) is 5.56 Å². The largest absolute Gasteiger partial charge is 0.324 e. The van der Waals surface area contributed by atoms with E-state index in [4.69, 9.17) is 17.3 Å². The highest BCUT2D eigenvalue weighted by atomic mass is 35.5. The zero-order valence-corrected chi connectivity index (χ0v) is 9.50. The van der Waals surface area contributed by atoms with Crippen LogP contribution in [0.2, 0.25) is 5.02 Å². The van der Waals surface area contributed by atoms with Crippen LogP contribution in [-0.2, 0) is 11.3 Å². The Morgan fingerprint density at radius 3 is 2.87 bits per heavy atom. The third-order valence-electron chi connectivity index (χ3n) is 2.02. The smallest absolute Gasteiger partial charge is 0.160 e. The van der Waals surface area contributed by atoms with Gasteiger partial charge in [-0.05, 0) is 24.7 Å². The number of halogens is 1. The molecule has 0 aliphatic rings. The third kappa shape index (κ3) is 4.42. The molecule has 0 aliphatic carbocycles. The summed E-state index contributed by atoms with van der Waals surface area (Å²) in [6, 6.07) is 7.60. The number of nitrogens with zero attached hydrogens (tertiary/aromatic N) is 1. The van der Waals surface area contributed by atoms with Crippen molar-refractivity contribution >= 4 is 17.4 Å². The van der Waals surface area contributed by atoms with E-state index < -0.39 is 0 Å². The van der Waals surface area contributed by atoms with E-state index >= 15 is 0 Å². The first kappa shape index (κ1) is 12.2.